The van der Waals surface area contributed by atoms with E-state index in [-0.39, 0.29) is 11.5 Å². The molecule has 0 N–H and O–H groups in total. The van der Waals surface area contributed by atoms with Crippen molar-refractivity contribution in [3.63, 3.8) is 0 Å². The third-order valence-electron chi connectivity index (χ3n) is 5.85. The van der Waals surface area contributed by atoms with Gasteiger partial charge >= 0.3 is 0 Å². The van der Waals surface area contributed by atoms with Crippen molar-refractivity contribution in [2.24, 2.45) is 0 Å². The molecule has 0 aliphatic carbocycles. The molecule has 1 spiro atoms. The summed E-state index contributed by atoms with van der Waals surface area (Å²) >= 11 is 0. The van der Waals surface area contributed by atoms with Crippen molar-refractivity contribution in [2.45, 2.75) is 37.7 Å². The van der Waals surface area contributed by atoms with E-state index in [1.54, 1.807) is 19.5 Å². The highest BCUT2D eigenvalue weighted by atomic mass is 16.5. The van der Waals surface area contributed by atoms with Gasteiger partial charge in [-0.3, -0.25) is 9.78 Å². The number of aryl methyl sites for hydroxylation is 1. The van der Waals surface area contributed by atoms with Crippen LogP contribution in [0.2, 0.25) is 0 Å². The van der Waals surface area contributed by atoms with Gasteiger partial charge < -0.3 is 14.4 Å². The molecule has 0 bridgehead atoms. The summed E-state index contributed by atoms with van der Waals surface area (Å²) in [6.45, 7) is 2.23. The zero-order chi connectivity index (χ0) is 18.7. The van der Waals surface area contributed by atoms with Crippen LogP contribution in [0.15, 0.2) is 42.7 Å². The Labute approximate surface area is 160 Å². The Kier molecular flexibility index (Phi) is 5.12. The number of likely N-dealkylation sites (tertiary alicyclic amines) is 1. The molecule has 2 aliphatic rings. The highest BCUT2D eigenvalue weighted by molar-refractivity contribution is 5.76. The Balaban J connectivity index is 1.40. The molecule has 1 aromatic heterocycles. The second kappa shape index (κ2) is 7.69. The van der Waals surface area contributed by atoms with Crippen LogP contribution in [0.1, 0.15) is 36.0 Å². The van der Waals surface area contributed by atoms with Crippen LogP contribution in [0.25, 0.3) is 0 Å². The summed E-state index contributed by atoms with van der Waals surface area (Å²) in [4.78, 5) is 18.6. The summed E-state index contributed by atoms with van der Waals surface area (Å²) in [5, 5.41) is 0. The van der Waals surface area contributed by atoms with E-state index in [1.165, 1.54) is 11.1 Å². The highest BCUT2D eigenvalue weighted by Crippen LogP contribution is 2.42. The monoisotopic (exact) mass is 366 g/mol. The Morgan fingerprint density at radius 1 is 1.22 bits per heavy atom. The van der Waals surface area contributed by atoms with Crippen LogP contribution < -0.4 is 4.74 Å². The first-order chi connectivity index (χ1) is 13.2. The Bertz CT molecular complexity index is 798. The van der Waals surface area contributed by atoms with Gasteiger partial charge in [0.15, 0.2) is 0 Å². The molecule has 0 saturated carbocycles. The second-order valence-electron chi connectivity index (χ2n) is 7.35. The molecule has 27 heavy (non-hydrogen) atoms. The number of pyridine rings is 1. The second-order valence-corrected chi connectivity index (χ2v) is 7.35. The van der Waals surface area contributed by atoms with Crippen molar-refractivity contribution < 1.29 is 14.3 Å². The minimum Gasteiger partial charge on any atom is -0.497 e. The molecule has 1 amide bonds. The van der Waals surface area contributed by atoms with Crippen LogP contribution in [-0.4, -0.2) is 42.6 Å². The number of aromatic nitrogens is 1. The van der Waals surface area contributed by atoms with Crippen molar-refractivity contribution in [3.8, 4) is 5.75 Å². The SMILES string of the molecule is COc1ccc2c(c1)CCOC21CCN(C(=O)CCc2ccncc2)CC1. The van der Waals surface area contributed by atoms with E-state index in [2.05, 4.69) is 17.1 Å². The van der Waals surface area contributed by atoms with Crippen LogP contribution in [0, 0.1) is 0 Å². The number of hydrogen-bond acceptors (Lipinski definition) is 4. The number of hydrogen-bond donors (Lipinski definition) is 0. The maximum absolute atomic E-state index is 12.6. The maximum atomic E-state index is 12.6. The number of amides is 1. The fourth-order valence-electron chi connectivity index (χ4n) is 4.27. The zero-order valence-electron chi connectivity index (χ0n) is 15.8. The number of carbonyl (C=O) groups is 1. The summed E-state index contributed by atoms with van der Waals surface area (Å²) in [5.74, 6) is 1.13. The normalized spacial score (nSPS) is 18.2. The number of piperidine rings is 1. The first-order valence-corrected chi connectivity index (χ1v) is 9.68. The summed E-state index contributed by atoms with van der Waals surface area (Å²) in [6, 6.07) is 10.2. The minimum absolute atomic E-state index is 0.229. The van der Waals surface area contributed by atoms with Gasteiger partial charge in [0, 0.05) is 31.9 Å². The molecule has 5 heteroatoms. The van der Waals surface area contributed by atoms with E-state index in [1.807, 2.05) is 23.1 Å². The van der Waals surface area contributed by atoms with E-state index in [0.29, 0.717) is 6.42 Å². The van der Waals surface area contributed by atoms with Gasteiger partial charge in [-0.25, -0.2) is 0 Å². The number of fused-ring (bicyclic) bond motifs is 2. The molecule has 142 valence electrons. The molecule has 5 nitrogen and oxygen atoms in total. The number of ether oxygens (including phenoxy) is 2. The molecule has 1 fully saturated rings. The lowest BCUT2D eigenvalue weighted by atomic mass is 9.79. The predicted octanol–water partition coefficient (Wildman–Crippen LogP) is 3.11. The van der Waals surface area contributed by atoms with Crippen molar-refractivity contribution in [1.82, 2.24) is 9.88 Å². The first-order valence-electron chi connectivity index (χ1n) is 9.68. The van der Waals surface area contributed by atoms with Crippen molar-refractivity contribution >= 4 is 5.91 Å². The van der Waals surface area contributed by atoms with Gasteiger partial charge in [0.2, 0.25) is 5.91 Å². The molecule has 2 aliphatic heterocycles. The number of nitrogens with zero attached hydrogens (tertiary/aromatic N) is 2. The number of methoxy groups -OCH3 is 1. The number of rotatable bonds is 4. The Morgan fingerprint density at radius 2 is 2.00 bits per heavy atom. The van der Waals surface area contributed by atoms with Crippen molar-refractivity contribution in [1.29, 1.82) is 0 Å². The Hall–Kier alpha value is -2.40. The van der Waals surface area contributed by atoms with Gasteiger partial charge in [0.1, 0.15) is 5.75 Å². The lowest BCUT2D eigenvalue weighted by molar-refractivity contribution is -0.140. The number of benzene rings is 1. The molecular formula is C22H26N2O3. The minimum atomic E-state index is -0.248. The lowest BCUT2D eigenvalue weighted by Crippen LogP contribution is -2.48. The Morgan fingerprint density at radius 3 is 2.74 bits per heavy atom. The van der Waals surface area contributed by atoms with E-state index < -0.39 is 0 Å². The van der Waals surface area contributed by atoms with Crippen molar-refractivity contribution in [3.05, 3.63) is 59.4 Å². The van der Waals surface area contributed by atoms with Crippen molar-refractivity contribution in [2.75, 3.05) is 26.8 Å². The lowest BCUT2D eigenvalue weighted by Gasteiger charge is -2.45. The van der Waals surface area contributed by atoms with Crippen LogP contribution in [-0.2, 0) is 28.0 Å². The van der Waals surface area contributed by atoms with Crippen LogP contribution >= 0.6 is 0 Å². The molecule has 2 aromatic rings. The average molecular weight is 366 g/mol. The summed E-state index contributed by atoms with van der Waals surface area (Å²) < 4.78 is 11.6. The fraction of sp³-hybridized carbons (Fsp3) is 0.455. The van der Waals surface area contributed by atoms with Gasteiger partial charge in [-0.1, -0.05) is 6.07 Å². The molecule has 0 unspecified atom stereocenters. The fourth-order valence-corrected chi connectivity index (χ4v) is 4.27. The van der Waals surface area contributed by atoms with Crippen LogP contribution in [0.3, 0.4) is 0 Å². The highest BCUT2D eigenvalue weighted by Gasteiger charge is 2.41. The standard InChI is InChI=1S/C22H26N2O3/c1-26-19-3-4-20-18(16-19)8-15-27-22(20)9-13-24(14-10-22)21(25)5-2-17-6-11-23-12-7-17/h3-4,6-7,11-12,16H,2,5,8-10,13-15H2,1H3. The van der Waals surface area contributed by atoms with Crippen LogP contribution in [0.4, 0.5) is 0 Å². The topological polar surface area (TPSA) is 51.7 Å². The van der Waals surface area contributed by atoms with Gasteiger partial charge in [0.05, 0.1) is 19.3 Å². The predicted molar refractivity (Wildman–Crippen MR) is 103 cm³/mol. The third-order valence-corrected chi connectivity index (χ3v) is 5.85. The van der Waals surface area contributed by atoms with Gasteiger partial charge in [-0.05, 0) is 66.6 Å². The zero-order valence-corrected chi connectivity index (χ0v) is 15.8. The molecule has 4 rings (SSSR count). The van der Waals surface area contributed by atoms with Gasteiger partial charge in [0.25, 0.3) is 0 Å². The molecule has 0 atom stereocenters. The van der Waals surface area contributed by atoms with E-state index >= 15 is 0 Å². The average Bonchev–Trinajstić information content (AvgIpc) is 2.73. The molecule has 1 saturated heterocycles. The van der Waals surface area contributed by atoms with Gasteiger partial charge in [-0.15, -0.1) is 0 Å². The smallest absolute Gasteiger partial charge is 0.222 e. The molecule has 0 radical (unpaired) electrons. The summed E-state index contributed by atoms with van der Waals surface area (Å²) in [5.41, 5.74) is 3.50. The largest absolute Gasteiger partial charge is 0.497 e. The molecule has 1 aromatic carbocycles. The van der Waals surface area contributed by atoms with E-state index in [0.717, 1.165) is 56.7 Å². The van der Waals surface area contributed by atoms with Crippen LogP contribution in [0.5, 0.6) is 5.75 Å². The van der Waals surface area contributed by atoms with E-state index in [9.17, 15) is 4.79 Å². The molecule has 3 heterocycles. The maximum Gasteiger partial charge on any atom is 0.222 e. The summed E-state index contributed by atoms with van der Waals surface area (Å²) in [6.07, 6.45) is 7.49. The van der Waals surface area contributed by atoms with E-state index in [4.69, 9.17) is 9.47 Å². The molecular weight excluding hydrogens is 340 g/mol. The quantitative estimate of drug-likeness (QED) is 0.834. The number of carbonyl (C=O) groups excluding carboxylic acids is 1. The summed E-state index contributed by atoms with van der Waals surface area (Å²) in [7, 11) is 1.70. The van der Waals surface area contributed by atoms with Gasteiger partial charge in [-0.2, -0.15) is 0 Å². The first kappa shape index (κ1) is 18.0. The third kappa shape index (κ3) is 3.69.